The predicted octanol–water partition coefficient (Wildman–Crippen LogP) is 2.24. The third kappa shape index (κ3) is 4.60. The van der Waals surface area contributed by atoms with Crippen LogP contribution < -0.4 is 4.72 Å². The van der Waals surface area contributed by atoms with E-state index in [4.69, 9.17) is 0 Å². The Kier molecular flexibility index (Phi) is 6.05. The van der Waals surface area contributed by atoms with E-state index in [1.807, 2.05) is 30.3 Å². The molecule has 0 heterocycles. The molecule has 2 N–H and O–H groups in total. The van der Waals surface area contributed by atoms with Gasteiger partial charge in [0.25, 0.3) is 5.69 Å². The zero-order valence-corrected chi connectivity index (χ0v) is 14.8. The van der Waals surface area contributed by atoms with Crippen LogP contribution in [0.2, 0.25) is 0 Å². The van der Waals surface area contributed by atoms with E-state index < -0.39 is 27.6 Å². The molecule has 1 atom stereocenters. The summed E-state index contributed by atoms with van der Waals surface area (Å²) in [6, 6.07) is 11.9. The van der Waals surface area contributed by atoms with Gasteiger partial charge in [0.2, 0.25) is 10.0 Å². The molecule has 9 heteroatoms. The molecule has 0 saturated carbocycles. The monoisotopic (exact) mass is 414 g/mol. The topological polar surface area (TPSA) is 110 Å². The Morgan fingerprint density at radius 3 is 2.46 bits per heavy atom. The zero-order chi connectivity index (χ0) is 17.7. The van der Waals surface area contributed by atoms with E-state index in [0.29, 0.717) is 6.42 Å². The molecule has 24 heavy (non-hydrogen) atoms. The average Bonchev–Trinajstić information content (AvgIpc) is 2.55. The highest BCUT2D eigenvalue weighted by molar-refractivity contribution is 9.10. The zero-order valence-electron chi connectivity index (χ0n) is 12.4. The molecule has 128 valence electrons. The number of rotatable bonds is 7. The number of benzene rings is 2. The third-order valence-electron chi connectivity index (χ3n) is 3.29. The molecule has 2 aromatic rings. The van der Waals surface area contributed by atoms with Crippen LogP contribution in [0.25, 0.3) is 0 Å². The molecule has 7 nitrogen and oxygen atoms in total. The van der Waals surface area contributed by atoms with Crippen molar-refractivity contribution in [1.82, 2.24) is 4.72 Å². The predicted molar refractivity (Wildman–Crippen MR) is 92.1 cm³/mol. The first-order valence-electron chi connectivity index (χ1n) is 6.94. The normalized spacial score (nSPS) is 12.8. The molecule has 2 aromatic carbocycles. The largest absolute Gasteiger partial charge is 0.395 e. The van der Waals surface area contributed by atoms with Gasteiger partial charge in [-0.3, -0.25) is 10.1 Å². The van der Waals surface area contributed by atoms with Gasteiger partial charge in [-0.15, -0.1) is 0 Å². The van der Waals surface area contributed by atoms with E-state index in [9.17, 15) is 23.6 Å². The van der Waals surface area contributed by atoms with Crippen LogP contribution in [0.3, 0.4) is 0 Å². The van der Waals surface area contributed by atoms with Crippen molar-refractivity contribution in [2.24, 2.45) is 0 Å². The number of nitrogens with zero attached hydrogens (tertiary/aromatic N) is 1. The second-order valence-electron chi connectivity index (χ2n) is 5.06. The Morgan fingerprint density at radius 1 is 1.21 bits per heavy atom. The van der Waals surface area contributed by atoms with E-state index in [-0.39, 0.29) is 15.1 Å². The second kappa shape index (κ2) is 7.84. The summed E-state index contributed by atoms with van der Waals surface area (Å²) < 4.78 is 27.4. The van der Waals surface area contributed by atoms with Gasteiger partial charge in [-0.05, 0) is 40.0 Å². The lowest BCUT2D eigenvalue weighted by Crippen LogP contribution is -2.39. The summed E-state index contributed by atoms with van der Waals surface area (Å²) in [5.41, 5.74) is 0.516. The molecule has 0 spiro atoms. The molecule has 0 bridgehead atoms. The highest BCUT2D eigenvalue weighted by atomic mass is 79.9. The molecular formula is C15H15BrN2O5S. The Bertz CT molecular complexity index is 827. The fraction of sp³-hybridized carbons (Fsp3) is 0.200. The van der Waals surface area contributed by atoms with Crippen molar-refractivity contribution < 1.29 is 18.4 Å². The van der Waals surface area contributed by atoms with Gasteiger partial charge in [-0.25, -0.2) is 13.1 Å². The summed E-state index contributed by atoms with van der Waals surface area (Å²) in [6.07, 6.45) is 0.301. The number of nitro groups is 1. The van der Waals surface area contributed by atoms with E-state index in [1.54, 1.807) is 0 Å². The van der Waals surface area contributed by atoms with Crippen LogP contribution in [0.15, 0.2) is 57.9 Å². The van der Waals surface area contributed by atoms with Crippen LogP contribution >= 0.6 is 15.9 Å². The number of nitrogens with one attached hydrogen (secondary N) is 1. The highest BCUT2D eigenvalue weighted by Gasteiger charge is 2.23. The van der Waals surface area contributed by atoms with Gasteiger partial charge >= 0.3 is 0 Å². The van der Waals surface area contributed by atoms with Crippen LogP contribution in [-0.4, -0.2) is 31.1 Å². The maximum atomic E-state index is 12.4. The maximum absolute atomic E-state index is 12.4. The molecule has 0 unspecified atom stereocenters. The molecule has 0 amide bonds. The molecule has 0 saturated heterocycles. The number of sulfonamides is 1. The lowest BCUT2D eigenvalue weighted by molar-refractivity contribution is -0.385. The molecule has 0 aliphatic heterocycles. The first kappa shape index (κ1) is 18.5. The maximum Gasteiger partial charge on any atom is 0.284 e. The minimum absolute atomic E-state index is 0.189. The van der Waals surface area contributed by atoms with Gasteiger partial charge in [0.15, 0.2) is 0 Å². The molecule has 0 radical (unpaired) electrons. The summed E-state index contributed by atoms with van der Waals surface area (Å²) in [7, 11) is -4.00. The van der Waals surface area contributed by atoms with E-state index in [0.717, 1.165) is 11.6 Å². The fourth-order valence-corrected chi connectivity index (χ4v) is 3.77. The van der Waals surface area contributed by atoms with Crippen molar-refractivity contribution in [2.75, 3.05) is 6.61 Å². The summed E-state index contributed by atoms with van der Waals surface area (Å²) >= 11 is 3.01. The fourth-order valence-electron chi connectivity index (χ4n) is 2.13. The lowest BCUT2D eigenvalue weighted by atomic mass is 10.1. The van der Waals surface area contributed by atoms with Gasteiger partial charge in [-0.2, -0.15) is 0 Å². The Balaban J connectivity index is 2.23. The van der Waals surface area contributed by atoms with Crippen LogP contribution in [0.4, 0.5) is 5.69 Å². The van der Waals surface area contributed by atoms with Crippen molar-refractivity contribution in [3.8, 4) is 0 Å². The number of halogens is 1. The van der Waals surface area contributed by atoms with E-state index in [1.165, 1.54) is 12.1 Å². The molecule has 0 aliphatic carbocycles. The van der Waals surface area contributed by atoms with Crippen LogP contribution in [0.1, 0.15) is 5.56 Å². The molecule has 0 aliphatic rings. The first-order valence-corrected chi connectivity index (χ1v) is 9.22. The Morgan fingerprint density at radius 2 is 1.88 bits per heavy atom. The van der Waals surface area contributed by atoms with Gasteiger partial charge in [0, 0.05) is 12.1 Å². The van der Waals surface area contributed by atoms with E-state index in [2.05, 4.69) is 20.7 Å². The van der Waals surface area contributed by atoms with Gasteiger partial charge in [-0.1, -0.05) is 30.3 Å². The van der Waals surface area contributed by atoms with Crippen LogP contribution in [-0.2, 0) is 16.4 Å². The second-order valence-corrected chi connectivity index (χ2v) is 7.63. The quantitative estimate of drug-likeness (QED) is 0.533. The minimum atomic E-state index is -4.00. The lowest BCUT2D eigenvalue weighted by Gasteiger charge is -2.16. The minimum Gasteiger partial charge on any atom is -0.395 e. The van der Waals surface area contributed by atoms with Crippen molar-refractivity contribution in [1.29, 1.82) is 0 Å². The van der Waals surface area contributed by atoms with E-state index >= 15 is 0 Å². The third-order valence-corrected chi connectivity index (χ3v) is 5.48. The van der Waals surface area contributed by atoms with Gasteiger partial charge in [0.1, 0.15) is 0 Å². The molecule has 0 fully saturated rings. The number of aliphatic hydroxyl groups is 1. The average molecular weight is 415 g/mol. The summed E-state index contributed by atoms with van der Waals surface area (Å²) in [4.78, 5) is 10.0. The van der Waals surface area contributed by atoms with Crippen molar-refractivity contribution in [3.05, 3.63) is 68.7 Å². The van der Waals surface area contributed by atoms with Gasteiger partial charge in [0.05, 0.1) is 20.9 Å². The number of aliphatic hydroxyl groups excluding tert-OH is 1. The standard InChI is InChI=1S/C15H15BrN2O5S/c16-14-7-6-13(9-15(14)18(20)21)24(22,23)17-12(10-19)8-11-4-2-1-3-5-11/h1-7,9,12,17,19H,8,10H2/t12-/m1/s1. The summed E-state index contributed by atoms with van der Waals surface area (Å²) in [5, 5.41) is 20.4. The SMILES string of the molecule is O=[N+]([O-])c1cc(S(=O)(=O)N[C@@H](CO)Cc2ccccc2)ccc1Br. The van der Waals surface area contributed by atoms with Crippen LogP contribution in [0.5, 0.6) is 0 Å². The molecular weight excluding hydrogens is 400 g/mol. The smallest absolute Gasteiger partial charge is 0.284 e. The van der Waals surface area contributed by atoms with Gasteiger partial charge < -0.3 is 5.11 Å². The van der Waals surface area contributed by atoms with Crippen molar-refractivity contribution in [3.63, 3.8) is 0 Å². The molecule has 2 rings (SSSR count). The number of nitro benzene ring substituents is 1. The summed E-state index contributed by atoms with van der Waals surface area (Å²) in [6.45, 7) is -0.396. The van der Waals surface area contributed by atoms with Crippen LogP contribution in [0, 0.1) is 10.1 Å². The Hall–Kier alpha value is -1.81. The Labute approximate surface area is 147 Å². The number of hydrogen-bond donors (Lipinski definition) is 2. The summed E-state index contributed by atoms with van der Waals surface area (Å²) in [5.74, 6) is 0. The number of hydrogen-bond acceptors (Lipinski definition) is 5. The van der Waals surface area contributed by atoms with Crippen molar-refractivity contribution in [2.45, 2.75) is 17.4 Å². The molecule has 0 aromatic heterocycles. The first-order chi connectivity index (χ1) is 11.3. The highest BCUT2D eigenvalue weighted by Crippen LogP contribution is 2.27. The van der Waals surface area contributed by atoms with Crippen molar-refractivity contribution >= 4 is 31.6 Å².